The molecule has 2 aliphatic rings. The van der Waals surface area contributed by atoms with E-state index in [0.29, 0.717) is 16.5 Å². The first-order valence-corrected chi connectivity index (χ1v) is 10.0. The lowest BCUT2D eigenvalue weighted by atomic mass is 9.88. The molecule has 2 atom stereocenters. The maximum absolute atomic E-state index is 12.5. The van der Waals surface area contributed by atoms with Crippen molar-refractivity contribution in [2.45, 2.75) is 59.0 Å². The van der Waals surface area contributed by atoms with Gasteiger partial charge in [0.1, 0.15) is 5.00 Å². The number of carbonyl (C=O) groups is 3. The van der Waals surface area contributed by atoms with Crippen molar-refractivity contribution in [3.63, 3.8) is 0 Å². The van der Waals surface area contributed by atoms with E-state index in [1.54, 1.807) is 13.8 Å². The van der Waals surface area contributed by atoms with Crippen LogP contribution in [0.3, 0.4) is 0 Å². The molecule has 1 saturated carbocycles. The van der Waals surface area contributed by atoms with E-state index in [1.807, 2.05) is 0 Å². The molecule has 0 aromatic carbocycles. The summed E-state index contributed by atoms with van der Waals surface area (Å²) in [5.74, 6) is -0.653. The van der Waals surface area contributed by atoms with Crippen LogP contribution < -0.4 is 5.32 Å². The van der Waals surface area contributed by atoms with Crippen LogP contribution in [0, 0.1) is 11.8 Å². The second kappa shape index (κ2) is 7.78. The molecule has 1 amide bonds. The number of amides is 1. The Labute approximate surface area is 157 Å². The average molecular weight is 379 g/mol. The van der Waals surface area contributed by atoms with Crippen LogP contribution >= 0.6 is 11.3 Å². The highest BCUT2D eigenvalue weighted by atomic mass is 32.1. The fourth-order valence-electron chi connectivity index (χ4n) is 3.11. The first kappa shape index (κ1) is 18.9. The normalized spacial score (nSPS) is 20.0. The summed E-state index contributed by atoms with van der Waals surface area (Å²) in [5, 5.41) is 3.29. The van der Waals surface area contributed by atoms with Gasteiger partial charge in [-0.15, -0.1) is 11.3 Å². The van der Waals surface area contributed by atoms with Gasteiger partial charge in [0.2, 0.25) is 0 Å². The molecule has 2 aliphatic carbocycles. The highest BCUT2D eigenvalue weighted by molar-refractivity contribution is 7.17. The van der Waals surface area contributed by atoms with Crippen LogP contribution in [0.1, 0.15) is 60.8 Å². The zero-order valence-electron chi connectivity index (χ0n) is 15.4. The standard InChI is InChI=1S/C19H25NO5S/c1-4-24-19(23)15-13-8-5-10(2)9-14(13)26-17(15)20-16(21)11(3)25-18(22)12-6-7-12/h10-12H,4-9H2,1-3H3,(H,20,21)/t10-,11+/m1/s1. The molecule has 1 aromatic rings. The van der Waals surface area contributed by atoms with Gasteiger partial charge in [-0.25, -0.2) is 4.79 Å². The lowest BCUT2D eigenvalue weighted by molar-refractivity contribution is -0.154. The largest absolute Gasteiger partial charge is 0.462 e. The van der Waals surface area contributed by atoms with E-state index in [1.165, 1.54) is 11.3 Å². The van der Waals surface area contributed by atoms with E-state index in [2.05, 4.69) is 12.2 Å². The van der Waals surface area contributed by atoms with Gasteiger partial charge in [0.05, 0.1) is 18.1 Å². The molecule has 0 aliphatic heterocycles. The third-order valence-corrected chi connectivity index (χ3v) is 5.97. The summed E-state index contributed by atoms with van der Waals surface area (Å²) in [6.07, 6.45) is 3.49. The number of ether oxygens (including phenoxy) is 2. The fraction of sp³-hybridized carbons (Fsp3) is 0.632. The number of hydrogen-bond acceptors (Lipinski definition) is 6. The van der Waals surface area contributed by atoms with Gasteiger partial charge in [-0.2, -0.15) is 0 Å². The number of hydrogen-bond donors (Lipinski definition) is 1. The van der Waals surface area contributed by atoms with E-state index >= 15 is 0 Å². The van der Waals surface area contributed by atoms with Crippen molar-refractivity contribution in [3.05, 3.63) is 16.0 Å². The molecule has 3 rings (SSSR count). The quantitative estimate of drug-likeness (QED) is 0.767. The molecule has 7 heteroatoms. The van der Waals surface area contributed by atoms with Gasteiger partial charge in [0.15, 0.2) is 6.10 Å². The van der Waals surface area contributed by atoms with Gasteiger partial charge in [0, 0.05) is 4.88 Å². The minimum Gasteiger partial charge on any atom is -0.462 e. The Morgan fingerprint density at radius 3 is 2.65 bits per heavy atom. The van der Waals surface area contributed by atoms with E-state index < -0.39 is 18.0 Å². The van der Waals surface area contributed by atoms with Crippen molar-refractivity contribution in [3.8, 4) is 0 Å². The van der Waals surface area contributed by atoms with Crippen molar-refractivity contribution < 1.29 is 23.9 Å². The lowest BCUT2D eigenvalue weighted by Crippen LogP contribution is -2.30. The highest BCUT2D eigenvalue weighted by Gasteiger charge is 2.34. The summed E-state index contributed by atoms with van der Waals surface area (Å²) in [7, 11) is 0. The smallest absolute Gasteiger partial charge is 0.341 e. The Balaban J connectivity index is 1.78. The molecule has 1 N–H and O–H groups in total. The average Bonchev–Trinajstić information content (AvgIpc) is 3.37. The minimum absolute atomic E-state index is 0.0594. The monoisotopic (exact) mass is 379 g/mol. The van der Waals surface area contributed by atoms with Gasteiger partial charge in [-0.3, -0.25) is 9.59 Å². The Bertz CT molecular complexity index is 722. The number of carbonyl (C=O) groups excluding carboxylic acids is 3. The molecule has 1 aromatic heterocycles. The third-order valence-electron chi connectivity index (χ3n) is 4.80. The minimum atomic E-state index is -0.892. The fourth-order valence-corrected chi connectivity index (χ4v) is 4.52. The Morgan fingerprint density at radius 2 is 2.00 bits per heavy atom. The molecule has 0 bridgehead atoms. The van der Waals surface area contributed by atoms with Gasteiger partial charge < -0.3 is 14.8 Å². The second-order valence-corrected chi connectivity index (χ2v) is 8.22. The Kier molecular flexibility index (Phi) is 5.65. The summed E-state index contributed by atoms with van der Waals surface area (Å²) >= 11 is 1.43. The molecule has 1 fully saturated rings. The molecular weight excluding hydrogens is 354 g/mol. The van der Waals surface area contributed by atoms with Crippen LogP contribution in [0.2, 0.25) is 0 Å². The summed E-state index contributed by atoms with van der Waals surface area (Å²) in [5.41, 5.74) is 1.46. The molecule has 0 saturated heterocycles. The topological polar surface area (TPSA) is 81.7 Å². The number of rotatable bonds is 6. The predicted molar refractivity (Wildman–Crippen MR) is 98.4 cm³/mol. The summed E-state index contributed by atoms with van der Waals surface area (Å²) < 4.78 is 10.4. The molecular formula is C19H25NO5S. The molecule has 6 nitrogen and oxygen atoms in total. The zero-order valence-corrected chi connectivity index (χ0v) is 16.2. The number of thiophene rings is 1. The van der Waals surface area contributed by atoms with Crippen molar-refractivity contribution in [1.82, 2.24) is 0 Å². The van der Waals surface area contributed by atoms with Crippen LogP contribution in [0.4, 0.5) is 5.00 Å². The predicted octanol–water partition coefficient (Wildman–Crippen LogP) is 3.33. The Hall–Kier alpha value is -1.89. The maximum Gasteiger partial charge on any atom is 0.341 e. The first-order chi connectivity index (χ1) is 12.4. The number of anilines is 1. The SMILES string of the molecule is CCOC(=O)c1c(NC(=O)[C@H](C)OC(=O)C2CC2)sc2c1CC[C@@H](C)C2. The second-order valence-electron chi connectivity index (χ2n) is 7.12. The Morgan fingerprint density at radius 1 is 1.27 bits per heavy atom. The van der Waals surface area contributed by atoms with Crippen LogP contribution in [0.25, 0.3) is 0 Å². The third kappa shape index (κ3) is 4.09. The highest BCUT2D eigenvalue weighted by Crippen LogP contribution is 2.40. The van der Waals surface area contributed by atoms with E-state index in [4.69, 9.17) is 9.47 Å². The van der Waals surface area contributed by atoms with Crippen LogP contribution in [-0.4, -0.2) is 30.6 Å². The number of nitrogens with one attached hydrogen (secondary N) is 1. The molecule has 142 valence electrons. The van der Waals surface area contributed by atoms with Gasteiger partial charge in [-0.1, -0.05) is 6.92 Å². The molecule has 0 unspecified atom stereocenters. The first-order valence-electron chi connectivity index (χ1n) is 9.23. The molecule has 0 spiro atoms. The van der Waals surface area contributed by atoms with Crippen LogP contribution in [0.15, 0.2) is 0 Å². The van der Waals surface area contributed by atoms with E-state index in [9.17, 15) is 14.4 Å². The maximum atomic E-state index is 12.5. The van der Waals surface area contributed by atoms with Crippen LogP contribution in [-0.2, 0) is 31.9 Å². The molecule has 1 heterocycles. The van der Waals surface area contributed by atoms with Crippen LogP contribution in [0.5, 0.6) is 0 Å². The van der Waals surface area contributed by atoms with Gasteiger partial charge in [0.25, 0.3) is 5.91 Å². The van der Waals surface area contributed by atoms with Gasteiger partial charge in [-0.05, 0) is 57.4 Å². The van der Waals surface area contributed by atoms with Crippen molar-refractivity contribution in [2.75, 3.05) is 11.9 Å². The summed E-state index contributed by atoms with van der Waals surface area (Å²) in [4.78, 5) is 37.8. The van der Waals surface area contributed by atoms with Crippen molar-refractivity contribution in [1.29, 1.82) is 0 Å². The van der Waals surface area contributed by atoms with Crippen molar-refractivity contribution in [2.24, 2.45) is 11.8 Å². The number of fused-ring (bicyclic) bond motifs is 1. The molecule has 0 radical (unpaired) electrons. The number of esters is 2. The molecule has 26 heavy (non-hydrogen) atoms. The summed E-state index contributed by atoms with van der Waals surface area (Å²) in [6.45, 7) is 5.78. The van der Waals surface area contributed by atoms with E-state index in [0.717, 1.165) is 42.5 Å². The van der Waals surface area contributed by atoms with E-state index in [-0.39, 0.29) is 18.5 Å². The lowest BCUT2D eigenvalue weighted by Gasteiger charge is -2.18. The van der Waals surface area contributed by atoms with Gasteiger partial charge >= 0.3 is 11.9 Å². The summed E-state index contributed by atoms with van der Waals surface area (Å²) in [6, 6.07) is 0. The zero-order chi connectivity index (χ0) is 18.8. The van der Waals surface area contributed by atoms with Crippen molar-refractivity contribution >= 4 is 34.2 Å².